The summed E-state index contributed by atoms with van der Waals surface area (Å²) in [6.45, 7) is 0. The maximum Gasteiger partial charge on any atom is 0.573 e. The lowest BCUT2D eigenvalue weighted by Crippen LogP contribution is -2.18. The van der Waals surface area contributed by atoms with Gasteiger partial charge in [-0.3, -0.25) is 14.9 Å². The molecule has 0 saturated heterocycles. The van der Waals surface area contributed by atoms with E-state index in [1.807, 2.05) is 0 Å². The molecule has 120 valence electrons. The Kier molecular flexibility index (Phi) is 4.49. The molecule has 2 rings (SSSR count). The number of benzene rings is 2. The third kappa shape index (κ3) is 4.70. The number of ether oxygens (including phenoxy) is 1. The van der Waals surface area contributed by atoms with Crippen molar-refractivity contribution < 1.29 is 27.6 Å². The van der Waals surface area contributed by atoms with Crippen LogP contribution in [-0.4, -0.2) is 17.2 Å². The standard InChI is InChI=1S/C14H9F3N2O4/c15-14(16,17)23-12-6-1-3-9(7-12)13(20)18-10-4-2-5-11(8-10)19(21)22/h1-8H,(H,18,20). The fourth-order valence-corrected chi connectivity index (χ4v) is 1.73. The first-order valence-corrected chi connectivity index (χ1v) is 6.16. The number of hydrogen-bond donors (Lipinski definition) is 1. The Hall–Kier alpha value is -3.10. The second-order valence-corrected chi connectivity index (χ2v) is 4.34. The molecule has 0 aromatic heterocycles. The minimum absolute atomic E-state index is 0.0849. The maximum absolute atomic E-state index is 12.2. The molecule has 0 saturated carbocycles. The number of non-ortho nitro benzene ring substituents is 1. The Morgan fingerprint density at radius 2 is 1.83 bits per heavy atom. The number of halogens is 3. The van der Waals surface area contributed by atoms with Crippen molar-refractivity contribution in [3.63, 3.8) is 0 Å². The number of carbonyl (C=O) groups is 1. The zero-order valence-electron chi connectivity index (χ0n) is 11.3. The van der Waals surface area contributed by atoms with E-state index in [-0.39, 0.29) is 16.9 Å². The van der Waals surface area contributed by atoms with Crippen LogP contribution in [0.2, 0.25) is 0 Å². The largest absolute Gasteiger partial charge is 0.573 e. The SMILES string of the molecule is O=C(Nc1cccc([N+](=O)[O-])c1)c1cccc(OC(F)(F)F)c1. The average Bonchev–Trinajstić information content (AvgIpc) is 2.46. The molecule has 0 atom stereocenters. The summed E-state index contributed by atoms with van der Waals surface area (Å²) < 4.78 is 40.2. The van der Waals surface area contributed by atoms with Gasteiger partial charge in [0.15, 0.2) is 0 Å². The van der Waals surface area contributed by atoms with Crippen LogP contribution in [0, 0.1) is 10.1 Å². The van der Waals surface area contributed by atoms with Crippen LogP contribution in [0.5, 0.6) is 5.75 Å². The predicted molar refractivity (Wildman–Crippen MR) is 74.2 cm³/mol. The van der Waals surface area contributed by atoms with Gasteiger partial charge in [0.05, 0.1) is 4.92 Å². The number of alkyl halides is 3. The molecule has 2 aromatic rings. The summed E-state index contributed by atoms with van der Waals surface area (Å²) in [7, 11) is 0. The number of nitro benzene ring substituents is 1. The van der Waals surface area contributed by atoms with E-state index in [4.69, 9.17) is 0 Å². The Labute approximate surface area is 127 Å². The molecule has 0 bridgehead atoms. The zero-order valence-corrected chi connectivity index (χ0v) is 11.3. The van der Waals surface area contributed by atoms with Crippen LogP contribution in [-0.2, 0) is 0 Å². The van der Waals surface area contributed by atoms with Gasteiger partial charge < -0.3 is 10.1 Å². The van der Waals surface area contributed by atoms with Gasteiger partial charge in [-0.1, -0.05) is 12.1 Å². The van der Waals surface area contributed by atoms with Crippen molar-refractivity contribution in [2.45, 2.75) is 6.36 Å². The lowest BCUT2D eigenvalue weighted by Gasteiger charge is -2.10. The number of nitrogens with one attached hydrogen (secondary N) is 1. The highest BCUT2D eigenvalue weighted by atomic mass is 19.4. The highest BCUT2D eigenvalue weighted by molar-refractivity contribution is 6.04. The number of nitro groups is 1. The van der Waals surface area contributed by atoms with E-state index in [1.165, 1.54) is 30.3 Å². The minimum atomic E-state index is -4.87. The molecular formula is C14H9F3N2O4. The van der Waals surface area contributed by atoms with Crippen LogP contribution >= 0.6 is 0 Å². The number of hydrogen-bond acceptors (Lipinski definition) is 4. The first kappa shape index (κ1) is 16.3. The van der Waals surface area contributed by atoms with Gasteiger partial charge in [0, 0.05) is 23.4 Å². The summed E-state index contributed by atoms with van der Waals surface area (Å²) >= 11 is 0. The Morgan fingerprint density at radius 1 is 1.13 bits per heavy atom. The first-order chi connectivity index (χ1) is 10.7. The van der Waals surface area contributed by atoms with Crippen molar-refractivity contribution in [3.05, 3.63) is 64.2 Å². The van der Waals surface area contributed by atoms with Crippen molar-refractivity contribution in [1.29, 1.82) is 0 Å². The molecular weight excluding hydrogens is 317 g/mol. The monoisotopic (exact) mass is 326 g/mol. The quantitative estimate of drug-likeness (QED) is 0.685. The number of anilines is 1. The van der Waals surface area contributed by atoms with Crippen molar-refractivity contribution in [1.82, 2.24) is 0 Å². The van der Waals surface area contributed by atoms with E-state index < -0.39 is 22.9 Å². The van der Waals surface area contributed by atoms with E-state index in [9.17, 15) is 28.1 Å². The molecule has 9 heteroatoms. The van der Waals surface area contributed by atoms with E-state index in [0.29, 0.717) is 0 Å². The van der Waals surface area contributed by atoms with Crippen molar-refractivity contribution >= 4 is 17.3 Å². The first-order valence-electron chi connectivity index (χ1n) is 6.16. The van der Waals surface area contributed by atoms with Gasteiger partial charge in [-0.2, -0.15) is 0 Å². The Morgan fingerprint density at radius 3 is 2.48 bits per heavy atom. The lowest BCUT2D eigenvalue weighted by molar-refractivity contribution is -0.384. The fraction of sp³-hybridized carbons (Fsp3) is 0.0714. The van der Waals surface area contributed by atoms with Gasteiger partial charge in [0.2, 0.25) is 0 Å². The van der Waals surface area contributed by atoms with Crippen LogP contribution < -0.4 is 10.1 Å². The van der Waals surface area contributed by atoms with Crippen LogP contribution in [0.4, 0.5) is 24.5 Å². The van der Waals surface area contributed by atoms with E-state index in [0.717, 1.165) is 18.2 Å². The molecule has 1 amide bonds. The summed E-state index contributed by atoms with van der Waals surface area (Å²) in [5.74, 6) is -1.26. The van der Waals surface area contributed by atoms with Crippen LogP contribution in [0.25, 0.3) is 0 Å². The van der Waals surface area contributed by atoms with Crippen LogP contribution in [0.1, 0.15) is 10.4 Å². The number of nitrogens with zero attached hydrogens (tertiary/aromatic N) is 1. The molecule has 0 spiro atoms. The van der Waals surface area contributed by atoms with Crippen LogP contribution in [0.15, 0.2) is 48.5 Å². The topological polar surface area (TPSA) is 81.5 Å². The smallest absolute Gasteiger partial charge is 0.406 e. The second-order valence-electron chi connectivity index (χ2n) is 4.34. The van der Waals surface area contributed by atoms with Gasteiger partial charge in [0.25, 0.3) is 11.6 Å². The molecule has 0 aliphatic heterocycles. The van der Waals surface area contributed by atoms with Gasteiger partial charge in [0.1, 0.15) is 5.75 Å². The summed E-state index contributed by atoms with van der Waals surface area (Å²) in [4.78, 5) is 22.0. The molecule has 6 nitrogen and oxygen atoms in total. The molecule has 0 aliphatic carbocycles. The molecule has 23 heavy (non-hydrogen) atoms. The van der Waals surface area contributed by atoms with E-state index in [2.05, 4.69) is 10.1 Å². The van der Waals surface area contributed by atoms with Crippen molar-refractivity contribution in [3.8, 4) is 5.75 Å². The predicted octanol–water partition coefficient (Wildman–Crippen LogP) is 3.75. The van der Waals surface area contributed by atoms with Crippen LogP contribution in [0.3, 0.4) is 0 Å². The third-order valence-corrected chi connectivity index (χ3v) is 2.64. The average molecular weight is 326 g/mol. The molecule has 0 radical (unpaired) electrons. The molecule has 0 unspecified atom stereocenters. The van der Waals surface area contributed by atoms with Gasteiger partial charge >= 0.3 is 6.36 Å². The number of carbonyl (C=O) groups excluding carboxylic acids is 1. The third-order valence-electron chi connectivity index (χ3n) is 2.64. The fourth-order valence-electron chi connectivity index (χ4n) is 1.73. The van der Waals surface area contributed by atoms with Gasteiger partial charge in [-0.25, -0.2) is 0 Å². The van der Waals surface area contributed by atoms with E-state index in [1.54, 1.807) is 0 Å². The highest BCUT2D eigenvalue weighted by Crippen LogP contribution is 2.24. The Balaban J connectivity index is 2.16. The highest BCUT2D eigenvalue weighted by Gasteiger charge is 2.31. The van der Waals surface area contributed by atoms with Gasteiger partial charge in [-0.15, -0.1) is 13.2 Å². The zero-order chi connectivity index (χ0) is 17.0. The van der Waals surface area contributed by atoms with Crippen molar-refractivity contribution in [2.24, 2.45) is 0 Å². The normalized spacial score (nSPS) is 10.9. The summed E-state index contributed by atoms with van der Waals surface area (Å²) in [5, 5.41) is 13.0. The molecule has 0 aliphatic rings. The summed E-state index contributed by atoms with van der Waals surface area (Å²) in [6.07, 6.45) is -4.87. The van der Waals surface area contributed by atoms with E-state index >= 15 is 0 Å². The minimum Gasteiger partial charge on any atom is -0.406 e. The molecule has 0 heterocycles. The summed E-state index contributed by atoms with van der Waals surface area (Å²) in [5.41, 5.74) is -0.165. The Bertz CT molecular complexity index is 747. The lowest BCUT2D eigenvalue weighted by atomic mass is 10.2. The molecule has 2 aromatic carbocycles. The molecule has 0 fully saturated rings. The van der Waals surface area contributed by atoms with Gasteiger partial charge in [-0.05, 0) is 24.3 Å². The molecule has 1 N–H and O–H groups in total. The number of rotatable bonds is 4. The van der Waals surface area contributed by atoms with Crippen molar-refractivity contribution in [2.75, 3.05) is 5.32 Å². The number of amides is 1. The maximum atomic E-state index is 12.2. The second kappa shape index (κ2) is 6.34. The summed E-state index contributed by atoms with van der Waals surface area (Å²) in [6, 6.07) is 9.65.